The van der Waals surface area contributed by atoms with E-state index in [9.17, 15) is 0 Å². The summed E-state index contributed by atoms with van der Waals surface area (Å²) in [4.78, 5) is 10.4. The second kappa shape index (κ2) is 7.83. The van der Waals surface area contributed by atoms with Crippen molar-refractivity contribution in [1.29, 1.82) is 0 Å². The van der Waals surface area contributed by atoms with Crippen LogP contribution in [-0.2, 0) is 13.1 Å². The van der Waals surface area contributed by atoms with Crippen molar-refractivity contribution < 1.29 is 0 Å². The second-order valence-corrected chi connectivity index (χ2v) is 6.08. The Morgan fingerprint density at radius 1 is 1.29 bits per heavy atom. The van der Waals surface area contributed by atoms with Crippen LogP contribution in [0.25, 0.3) is 0 Å². The molecule has 0 aliphatic rings. The lowest BCUT2D eigenvalue weighted by molar-refractivity contribution is 0.665. The molecular weight excluding hydrogens is 282 g/mol. The molecule has 2 rings (SSSR count). The molecule has 0 aliphatic carbocycles. The third kappa shape index (κ3) is 4.90. The topological polar surface area (TPSA) is 54.2 Å². The van der Waals surface area contributed by atoms with Crippen LogP contribution in [0.1, 0.15) is 22.5 Å². The molecule has 0 fully saturated rings. The van der Waals surface area contributed by atoms with Gasteiger partial charge in [0, 0.05) is 36.9 Å². The monoisotopic (exact) mass is 305 g/mol. The third-order valence-corrected chi connectivity index (χ3v) is 4.18. The summed E-state index contributed by atoms with van der Waals surface area (Å²) in [6.45, 7) is 9.45. The molecule has 2 aromatic heterocycles. The molecule has 114 valence electrons. The Balaban J connectivity index is 1.86. The number of guanidine groups is 1. The zero-order valence-electron chi connectivity index (χ0n) is 12.9. The Morgan fingerprint density at radius 2 is 2.05 bits per heavy atom. The highest BCUT2D eigenvalue weighted by atomic mass is 32.1. The van der Waals surface area contributed by atoms with E-state index in [2.05, 4.69) is 51.4 Å². The van der Waals surface area contributed by atoms with Crippen LogP contribution >= 0.6 is 11.3 Å². The maximum Gasteiger partial charge on any atom is 0.191 e. The number of hydrogen-bond acceptors (Lipinski definition) is 3. The highest BCUT2D eigenvalue weighted by Gasteiger charge is 2.03. The van der Waals surface area contributed by atoms with Gasteiger partial charge >= 0.3 is 0 Å². The first-order valence-corrected chi connectivity index (χ1v) is 8.06. The van der Waals surface area contributed by atoms with E-state index in [1.165, 1.54) is 4.88 Å². The quantitative estimate of drug-likeness (QED) is 0.636. The number of rotatable bonds is 6. The van der Waals surface area contributed by atoms with Crippen LogP contribution in [0.4, 0.5) is 0 Å². The highest BCUT2D eigenvalue weighted by molar-refractivity contribution is 7.11. The van der Waals surface area contributed by atoms with Crippen LogP contribution in [0.3, 0.4) is 0 Å². The van der Waals surface area contributed by atoms with Crippen molar-refractivity contribution in [3.8, 4) is 0 Å². The molecule has 0 spiro atoms. The standard InChI is InChI=1S/C15H23N5S/c1-4-16-15(17-7-10-20-8-5-6-9-20)18-11-14-19-12(2)13(3)21-14/h5-6,8-9H,4,7,10-11H2,1-3H3,(H2,16,17,18). The van der Waals surface area contributed by atoms with Gasteiger partial charge in [-0.1, -0.05) is 0 Å². The molecule has 2 N–H and O–H groups in total. The van der Waals surface area contributed by atoms with Gasteiger partial charge < -0.3 is 15.2 Å². The lowest BCUT2D eigenvalue weighted by atomic mass is 10.4. The molecule has 21 heavy (non-hydrogen) atoms. The van der Waals surface area contributed by atoms with E-state index < -0.39 is 0 Å². The van der Waals surface area contributed by atoms with E-state index >= 15 is 0 Å². The SMILES string of the molecule is CCNC(=NCc1nc(C)c(C)s1)NCCn1cccc1. The summed E-state index contributed by atoms with van der Waals surface area (Å²) in [5.74, 6) is 0.843. The van der Waals surface area contributed by atoms with Gasteiger partial charge in [0.25, 0.3) is 0 Å². The van der Waals surface area contributed by atoms with Gasteiger partial charge in [-0.25, -0.2) is 9.98 Å². The first-order chi connectivity index (χ1) is 10.2. The van der Waals surface area contributed by atoms with Crippen molar-refractivity contribution in [2.45, 2.75) is 33.9 Å². The second-order valence-electron chi connectivity index (χ2n) is 4.79. The molecule has 0 bridgehead atoms. The van der Waals surface area contributed by atoms with Gasteiger partial charge in [-0.15, -0.1) is 11.3 Å². The molecule has 0 radical (unpaired) electrons. The fourth-order valence-corrected chi connectivity index (χ4v) is 2.78. The molecule has 6 heteroatoms. The van der Waals surface area contributed by atoms with Crippen LogP contribution in [0.2, 0.25) is 0 Å². The van der Waals surface area contributed by atoms with Crippen LogP contribution in [-0.4, -0.2) is 28.6 Å². The van der Waals surface area contributed by atoms with Crippen molar-refractivity contribution >= 4 is 17.3 Å². The lowest BCUT2D eigenvalue weighted by Gasteiger charge is -2.11. The number of nitrogens with zero attached hydrogens (tertiary/aromatic N) is 3. The Morgan fingerprint density at radius 3 is 2.67 bits per heavy atom. The van der Waals surface area contributed by atoms with Crippen molar-refractivity contribution in [3.63, 3.8) is 0 Å². The van der Waals surface area contributed by atoms with Gasteiger partial charge in [-0.05, 0) is 32.9 Å². The van der Waals surface area contributed by atoms with Crippen LogP contribution in [0, 0.1) is 13.8 Å². The van der Waals surface area contributed by atoms with Crippen molar-refractivity contribution in [3.05, 3.63) is 40.1 Å². The zero-order valence-corrected chi connectivity index (χ0v) is 13.7. The first kappa shape index (κ1) is 15.6. The van der Waals surface area contributed by atoms with E-state index in [1.54, 1.807) is 11.3 Å². The number of thiazole rings is 1. The fraction of sp³-hybridized carbons (Fsp3) is 0.467. The Labute approximate surface area is 130 Å². The fourth-order valence-electron chi connectivity index (χ4n) is 1.92. The van der Waals surface area contributed by atoms with Gasteiger partial charge in [0.05, 0.1) is 12.2 Å². The molecular formula is C15H23N5S. The summed E-state index contributed by atoms with van der Waals surface area (Å²) in [5, 5.41) is 7.67. The summed E-state index contributed by atoms with van der Waals surface area (Å²) in [7, 11) is 0. The van der Waals surface area contributed by atoms with Crippen LogP contribution < -0.4 is 10.6 Å². The van der Waals surface area contributed by atoms with Gasteiger partial charge in [0.15, 0.2) is 5.96 Å². The van der Waals surface area contributed by atoms with Gasteiger partial charge in [-0.2, -0.15) is 0 Å². The maximum atomic E-state index is 4.59. The normalized spacial score (nSPS) is 11.7. The maximum absolute atomic E-state index is 4.59. The predicted molar refractivity (Wildman–Crippen MR) is 88.8 cm³/mol. The predicted octanol–water partition coefficient (Wildman–Crippen LogP) is 2.32. The van der Waals surface area contributed by atoms with E-state index in [1.807, 2.05) is 19.1 Å². The molecule has 0 aromatic carbocycles. The smallest absolute Gasteiger partial charge is 0.191 e. The van der Waals surface area contributed by atoms with Gasteiger partial charge in [0.2, 0.25) is 0 Å². The average Bonchev–Trinajstić information content (AvgIpc) is 3.07. The molecule has 0 saturated heterocycles. The Kier molecular flexibility index (Phi) is 5.80. The molecule has 0 aliphatic heterocycles. The molecule has 2 heterocycles. The highest BCUT2D eigenvalue weighted by Crippen LogP contribution is 2.16. The first-order valence-electron chi connectivity index (χ1n) is 7.25. The number of nitrogens with one attached hydrogen (secondary N) is 2. The largest absolute Gasteiger partial charge is 0.357 e. The molecule has 2 aromatic rings. The van der Waals surface area contributed by atoms with Crippen LogP contribution in [0.15, 0.2) is 29.5 Å². The minimum atomic E-state index is 0.623. The molecule has 0 unspecified atom stereocenters. The minimum absolute atomic E-state index is 0.623. The molecule has 0 atom stereocenters. The Bertz CT molecular complexity index is 551. The number of aryl methyl sites for hydroxylation is 2. The van der Waals surface area contributed by atoms with Crippen molar-refractivity contribution in [2.24, 2.45) is 4.99 Å². The average molecular weight is 305 g/mol. The summed E-state index contributed by atoms with van der Waals surface area (Å²) >= 11 is 1.72. The number of hydrogen-bond donors (Lipinski definition) is 2. The van der Waals surface area contributed by atoms with E-state index in [0.717, 1.165) is 36.3 Å². The summed E-state index contributed by atoms with van der Waals surface area (Å²) in [6.07, 6.45) is 4.12. The Hall–Kier alpha value is -1.82. The van der Waals surface area contributed by atoms with E-state index in [0.29, 0.717) is 6.54 Å². The molecule has 0 amide bonds. The third-order valence-electron chi connectivity index (χ3n) is 3.12. The summed E-state index contributed by atoms with van der Waals surface area (Å²) in [5.41, 5.74) is 1.11. The summed E-state index contributed by atoms with van der Waals surface area (Å²) in [6, 6.07) is 4.07. The van der Waals surface area contributed by atoms with Gasteiger partial charge in [0.1, 0.15) is 5.01 Å². The number of aromatic nitrogens is 2. The van der Waals surface area contributed by atoms with Crippen molar-refractivity contribution in [1.82, 2.24) is 20.2 Å². The molecule has 0 saturated carbocycles. The molecule has 5 nitrogen and oxygen atoms in total. The lowest BCUT2D eigenvalue weighted by Crippen LogP contribution is -2.38. The summed E-state index contributed by atoms with van der Waals surface area (Å²) < 4.78 is 2.14. The number of aliphatic imine (C=N–C) groups is 1. The minimum Gasteiger partial charge on any atom is -0.357 e. The zero-order chi connectivity index (χ0) is 15.1. The van der Waals surface area contributed by atoms with Crippen LogP contribution in [0.5, 0.6) is 0 Å². The van der Waals surface area contributed by atoms with Crippen molar-refractivity contribution in [2.75, 3.05) is 13.1 Å². The van der Waals surface area contributed by atoms with Gasteiger partial charge in [-0.3, -0.25) is 0 Å². The van der Waals surface area contributed by atoms with E-state index in [-0.39, 0.29) is 0 Å². The van der Waals surface area contributed by atoms with E-state index in [4.69, 9.17) is 0 Å².